The zero-order valence-corrected chi connectivity index (χ0v) is 14.6. The van der Waals surface area contributed by atoms with Crippen LogP contribution in [0.25, 0.3) is 5.69 Å². The highest BCUT2D eigenvalue weighted by Crippen LogP contribution is 2.21. The average molecular weight is 341 g/mol. The number of para-hydroxylation sites is 1. The molecule has 132 valence electrons. The lowest BCUT2D eigenvalue weighted by atomic mass is 9.96. The lowest BCUT2D eigenvalue weighted by molar-refractivity contribution is -0.145. The minimum absolute atomic E-state index is 0.0441. The number of piperidine rings is 1. The van der Waals surface area contributed by atoms with Crippen molar-refractivity contribution in [3.8, 4) is 5.69 Å². The normalized spacial score (nSPS) is 15.4. The van der Waals surface area contributed by atoms with E-state index in [9.17, 15) is 9.59 Å². The van der Waals surface area contributed by atoms with Gasteiger partial charge in [-0.15, -0.1) is 0 Å². The molecule has 1 amide bonds. The quantitative estimate of drug-likeness (QED) is 0.926. The van der Waals surface area contributed by atoms with Crippen molar-refractivity contribution < 1.29 is 14.7 Å². The maximum absolute atomic E-state index is 12.6. The van der Waals surface area contributed by atoms with E-state index < -0.39 is 5.97 Å². The molecule has 0 spiro atoms. The smallest absolute Gasteiger partial charge is 0.306 e. The lowest BCUT2D eigenvalue weighted by Gasteiger charge is -2.30. The molecule has 25 heavy (non-hydrogen) atoms. The SMILES string of the molecule is Cc1nn(-c2ccccc2)c(C)c1CC(=O)N1CCC(C(=O)O)CC1. The van der Waals surface area contributed by atoms with Crippen LogP contribution in [0.2, 0.25) is 0 Å². The molecule has 1 fully saturated rings. The van der Waals surface area contributed by atoms with Crippen molar-refractivity contribution in [1.82, 2.24) is 14.7 Å². The van der Waals surface area contributed by atoms with Gasteiger partial charge in [0, 0.05) is 24.3 Å². The molecule has 0 radical (unpaired) electrons. The highest BCUT2D eigenvalue weighted by atomic mass is 16.4. The van der Waals surface area contributed by atoms with Crippen LogP contribution >= 0.6 is 0 Å². The lowest BCUT2D eigenvalue weighted by Crippen LogP contribution is -2.41. The highest BCUT2D eigenvalue weighted by Gasteiger charge is 2.28. The Morgan fingerprint density at radius 2 is 1.80 bits per heavy atom. The van der Waals surface area contributed by atoms with Crippen molar-refractivity contribution in [3.63, 3.8) is 0 Å². The molecular weight excluding hydrogens is 318 g/mol. The zero-order chi connectivity index (χ0) is 18.0. The number of aromatic nitrogens is 2. The molecule has 0 saturated carbocycles. The fourth-order valence-corrected chi connectivity index (χ4v) is 3.39. The summed E-state index contributed by atoms with van der Waals surface area (Å²) in [5, 5.41) is 13.6. The Kier molecular flexibility index (Phi) is 4.88. The summed E-state index contributed by atoms with van der Waals surface area (Å²) in [5.41, 5.74) is 3.76. The van der Waals surface area contributed by atoms with E-state index in [1.165, 1.54) is 0 Å². The van der Waals surface area contributed by atoms with Crippen molar-refractivity contribution in [1.29, 1.82) is 0 Å². The van der Waals surface area contributed by atoms with Gasteiger partial charge < -0.3 is 10.0 Å². The second-order valence-corrected chi connectivity index (χ2v) is 6.57. The summed E-state index contributed by atoms with van der Waals surface area (Å²) in [6.45, 7) is 4.93. The Labute approximate surface area is 147 Å². The Morgan fingerprint density at radius 3 is 2.40 bits per heavy atom. The van der Waals surface area contributed by atoms with Gasteiger partial charge in [0.2, 0.25) is 5.91 Å². The molecule has 1 aromatic heterocycles. The zero-order valence-electron chi connectivity index (χ0n) is 14.6. The standard InChI is InChI=1S/C19H23N3O3/c1-13-17(14(2)22(20-13)16-6-4-3-5-7-16)12-18(23)21-10-8-15(9-11-21)19(24)25/h3-7,15H,8-12H2,1-2H3,(H,24,25). The number of likely N-dealkylation sites (tertiary alicyclic amines) is 1. The average Bonchev–Trinajstić information content (AvgIpc) is 2.90. The van der Waals surface area contributed by atoms with Crippen LogP contribution in [0.15, 0.2) is 30.3 Å². The maximum atomic E-state index is 12.6. The predicted molar refractivity (Wildman–Crippen MR) is 93.7 cm³/mol. The summed E-state index contributed by atoms with van der Waals surface area (Å²) < 4.78 is 1.87. The Hall–Kier alpha value is -2.63. The van der Waals surface area contributed by atoms with Gasteiger partial charge in [0.05, 0.1) is 23.7 Å². The van der Waals surface area contributed by atoms with E-state index in [0.717, 1.165) is 22.6 Å². The van der Waals surface area contributed by atoms with Crippen LogP contribution in [-0.4, -0.2) is 44.8 Å². The minimum Gasteiger partial charge on any atom is -0.481 e. The van der Waals surface area contributed by atoms with Crippen LogP contribution < -0.4 is 0 Å². The van der Waals surface area contributed by atoms with Crippen LogP contribution in [0.4, 0.5) is 0 Å². The van der Waals surface area contributed by atoms with Gasteiger partial charge in [-0.1, -0.05) is 18.2 Å². The maximum Gasteiger partial charge on any atom is 0.306 e. The number of hydrogen-bond donors (Lipinski definition) is 1. The van der Waals surface area contributed by atoms with E-state index in [0.29, 0.717) is 32.4 Å². The number of amides is 1. The fourth-order valence-electron chi connectivity index (χ4n) is 3.39. The number of carboxylic acid groups (broad SMARTS) is 1. The summed E-state index contributed by atoms with van der Waals surface area (Å²) >= 11 is 0. The first-order valence-electron chi connectivity index (χ1n) is 8.58. The second kappa shape index (κ2) is 7.09. The molecule has 3 rings (SSSR count). The van der Waals surface area contributed by atoms with Crippen LogP contribution in [0.5, 0.6) is 0 Å². The second-order valence-electron chi connectivity index (χ2n) is 6.57. The first-order valence-corrected chi connectivity index (χ1v) is 8.58. The number of carboxylic acids is 1. The molecule has 1 aliphatic rings. The van der Waals surface area contributed by atoms with Gasteiger partial charge in [0.1, 0.15) is 0 Å². The number of nitrogens with zero attached hydrogens (tertiary/aromatic N) is 3. The summed E-state index contributed by atoms with van der Waals surface area (Å²) in [6, 6.07) is 9.86. The largest absolute Gasteiger partial charge is 0.481 e. The van der Waals surface area contributed by atoms with Crippen molar-refractivity contribution in [2.45, 2.75) is 33.1 Å². The van der Waals surface area contributed by atoms with Crippen LogP contribution in [0.3, 0.4) is 0 Å². The number of aryl methyl sites for hydroxylation is 1. The molecule has 2 aromatic rings. The van der Waals surface area contributed by atoms with Gasteiger partial charge in [-0.2, -0.15) is 5.10 Å². The predicted octanol–water partition coefficient (Wildman–Crippen LogP) is 2.35. The van der Waals surface area contributed by atoms with E-state index >= 15 is 0 Å². The van der Waals surface area contributed by atoms with Gasteiger partial charge in [-0.3, -0.25) is 9.59 Å². The molecule has 0 bridgehead atoms. The molecule has 0 aliphatic carbocycles. The Balaban J connectivity index is 1.72. The van der Waals surface area contributed by atoms with Crippen molar-refractivity contribution >= 4 is 11.9 Å². The molecular formula is C19H23N3O3. The molecule has 2 heterocycles. The number of aliphatic carboxylic acids is 1. The summed E-state index contributed by atoms with van der Waals surface area (Å²) in [4.78, 5) is 25.4. The molecule has 1 N–H and O–H groups in total. The highest BCUT2D eigenvalue weighted by molar-refractivity contribution is 5.80. The monoisotopic (exact) mass is 341 g/mol. The van der Waals surface area contributed by atoms with Gasteiger partial charge >= 0.3 is 5.97 Å². The van der Waals surface area contributed by atoms with Gasteiger partial charge in [-0.25, -0.2) is 4.68 Å². The van der Waals surface area contributed by atoms with Crippen LogP contribution in [0, 0.1) is 19.8 Å². The third kappa shape index (κ3) is 3.57. The molecule has 1 aliphatic heterocycles. The molecule has 6 heteroatoms. The first kappa shape index (κ1) is 17.2. The van der Waals surface area contributed by atoms with E-state index in [2.05, 4.69) is 5.10 Å². The summed E-state index contributed by atoms with van der Waals surface area (Å²) in [7, 11) is 0. The topological polar surface area (TPSA) is 75.4 Å². The van der Waals surface area contributed by atoms with Gasteiger partial charge in [0.25, 0.3) is 0 Å². The molecule has 0 unspecified atom stereocenters. The van der Waals surface area contributed by atoms with E-state index in [1.807, 2.05) is 48.9 Å². The molecule has 6 nitrogen and oxygen atoms in total. The third-order valence-corrected chi connectivity index (χ3v) is 4.97. The molecule has 0 atom stereocenters. The number of carbonyl (C=O) groups is 2. The van der Waals surface area contributed by atoms with Crippen molar-refractivity contribution in [2.75, 3.05) is 13.1 Å². The van der Waals surface area contributed by atoms with E-state index in [-0.39, 0.29) is 11.8 Å². The Morgan fingerprint density at radius 1 is 1.16 bits per heavy atom. The number of rotatable bonds is 4. The number of benzene rings is 1. The molecule has 1 saturated heterocycles. The number of hydrogen-bond acceptors (Lipinski definition) is 3. The van der Waals surface area contributed by atoms with Crippen LogP contribution in [-0.2, 0) is 16.0 Å². The minimum atomic E-state index is -0.761. The van der Waals surface area contributed by atoms with Crippen molar-refractivity contribution in [2.24, 2.45) is 5.92 Å². The molecule has 1 aromatic carbocycles. The van der Waals surface area contributed by atoms with Crippen molar-refractivity contribution in [3.05, 3.63) is 47.3 Å². The van der Waals surface area contributed by atoms with Gasteiger partial charge in [0.15, 0.2) is 0 Å². The van der Waals surface area contributed by atoms with E-state index in [1.54, 1.807) is 4.90 Å². The van der Waals surface area contributed by atoms with Gasteiger partial charge in [-0.05, 0) is 38.8 Å². The first-order chi connectivity index (χ1) is 12.0. The third-order valence-electron chi connectivity index (χ3n) is 4.97. The summed E-state index contributed by atoms with van der Waals surface area (Å²) in [5.74, 6) is -1.04. The summed E-state index contributed by atoms with van der Waals surface area (Å²) in [6.07, 6.45) is 1.37. The fraction of sp³-hybridized carbons (Fsp3) is 0.421. The Bertz CT molecular complexity index is 775. The van der Waals surface area contributed by atoms with E-state index in [4.69, 9.17) is 5.11 Å². The van der Waals surface area contributed by atoms with Crippen LogP contribution in [0.1, 0.15) is 29.8 Å². The number of carbonyl (C=O) groups excluding carboxylic acids is 1.